The number of fused-ring (bicyclic) bond motifs is 1. The molecule has 0 saturated heterocycles. The van der Waals surface area contributed by atoms with Crippen LogP contribution in [0, 0.1) is 6.92 Å². The zero-order valence-electron chi connectivity index (χ0n) is 9.18. The smallest absolute Gasteiger partial charge is 0.170 e. The van der Waals surface area contributed by atoms with Gasteiger partial charge in [0.2, 0.25) is 0 Å². The van der Waals surface area contributed by atoms with Crippen molar-refractivity contribution in [2.24, 2.45) is 0 Å². The molecule has 16 heavy (non-hydrogen) atoms. The Labute approximate surface area is 103 Å². The van der Waals surface area contributed by atoms with Gasteiger partial charge in [0, 0.05) is 4.47 Å². The lowest BCUT2D eigenvalue weighted by molar-refractivity contribution is -0.0177. The summed E-state index contributed by atoms with van der Waals surface area (Å²) in [6.45, 7) is 1.99. The van der Waals surface area contributed by atoms with Crippen molar-refractivity contribution >= 4 is 21.7 Å². The first-order chi connectivity index (χ1) is 7.60. The number of hydrogen-bond donors (Lipinski definition) is 0. The standard InChI is InChI=1S/C13H13BrO2/c1-8-5-9-11(15)7-13(3-2-4-13)16-12(9)6-10(8)14/h5-6H,2-4,7H2,1H3. The fourth-order valence-corrected chi connectivity index (χ4v) is 2.80. The molecular weight excluding hydrogens is 268 g/mol. The molecule has 1 aromatic carbocycles. The van der Waals surface area contributed by atoms with E-state index < -0.39 is 0 Å². The minimum absolute atomic E-state index is 0.168. The fourth-order valence-electron chi connectivity index (χ4n) is 2.47. The van der Waals surface area contributed by atoms with Crippen molar-refractivity contribution in [3.8, 4) is 5.75 Å². The maximum atomic E-state index is 12.1. The average Bonchev–Trinajstić information content (AvgIpc) is 2.18. The van der Waals surface area contributed by atoms with E-state index in [0.29, 0.717) is 6.42 Å². The van der Waals surface area contributed by atoms with Gasteiger partial charge >= 0.3 is 0 Å². The Hall–Kier alpha value is -0.830. The zero-order valence-corrected chi connectivity index (χ0v) is 10.8. The van der Waals surface area contributed by atoms with Crippen LogP contribution in [-0.4, -0.2) is 11.4 Å². The number of Topliss-reactive ketones (excluding diaryl/α,β-unsaturated/α-hetero) is 1. The molecule has 3 heteroatoms. The normalized spacial score (nSPS) is 21.2. The lowest BCUT2D eigenvalue weighted by Gasteiger charge is -2.44. The summed E-state index contributed by atoms with van der Waals surface area (Å²) in [6.07, 6.45) is 3.77. The summed E-state index contributed by atoms with van der Waals surface area (Å²) in [5.41, 5.74) is 1.66. The highest BCUT2D eigenvalue weighted by Gasteiger charge is 2.45. The van der Waals surface area contributed by atoms with Crippen molar-refractivity contribution in [2.75, 3.05) is 0 Å². The van der Waals surface area contributed by atoms with Gasteiger partial charge in [-0.1, -0.05) is 15.9 Å². The molecule has 84 valence electrons. The number of rotatable bonds is 0. The third kappa shape index (κ3) is 1.41. The van der Waals surface area contributed by atoms with E-state index in [1.54, 1.807) is 0 Å². The summed E-state index contributed by atoms with van der Waals surface area (Å²) in [5.74, 6) is 0.991. The Bertz CT molecular complexity index is 475. The number of ketones is 1. The van der Waals surface area contributed by atoms with Gasteiger partial charge in [-0.2, -0.15) is 0 Å². The van der Waals surface area contributed by atoms with Crippen molar-refractivity contribution in [1.82, 2.24) is 0 Å². The molecule has 3 rings (SSSR count). The van der Waals surface area contributed by atoms with Gasteiger partial charge in [-0.05, 0) is 43.9 Å². The molecule has 1 aromatic rings. The molecule has 0 N–H and O–H groups in total. The van der Waals surface area contributed by atoms with Crippen LogP contribution in [0.5, 0.6) is 5.75 Å². The van der Waals surface area contributed by atoms with Crippen molar-refractivity contribution in [3.05, 3.63) is 27.7 Å². The molecule has 0 unspecified atom stereocenters. The van der Waals surface area contributed by atoms with Crippen molar-refractivity contribution in [2.45, 2.75) is 38.2 Å². The van der Waals surface area contributed by atoms with E-state index in [-0.39, 0.29) is 11.4 Å². The Kier molecular flexibility index (Phi) is 2.15. The minimum Gasteiger partial charge on any atom is -0.486 e. The third-order valence-electron chi connectivity index (χ3n) is 3.64. The fraction of sp³-hybridized carbons (Fsp3) is 0.462. The van der Waals surface area contributed by atoms with Gasteiger partial charge < -0.3 is 4.74 Å². The van der Waals surface area contributed by atoms with E-state index in [4.69, 9.17) is 4.74 Å². The van der Waals surface area contributed by atoms with Crippen LogP contribution in [-0.2, 0) is 0 Å². The quantitative estimate of drug-likeness (QED) is 0.725. The van der Waals surface area contributed by atoms with Crippen LogP contribution in [0.2, 0.25) is 0 Å². The first kappa shape index (κ1) is 10.3. The Balaban J connectivity index is 2.08. The zero-order chi connectivity index (χ0) is 11.3. The molecule has 0 amide bonds. The molecule has 1 spiro atoms. The van der Waals surface area contributed by atoms with Crippen LogP contribution < -0.4 is 4.74 Å². The van der Waals surface area contributed by atoms with Crippen molar-refractivity contribution in [1.29, 1.82) is 0 Å². The molecule has 2 aliphatic rings. The summed E-state index contributed by atoms with van der Waals surface area (Å²) in [5, 5.41) is 0. The van der Waals surface area contributed by atoms with E-state index in [0.717, 1.165) is 34.2 Å². The largest absolute Gasteiger partial charge is 0.486 e. The summed E-state index contributed by atoms with van der Waals surface area (Å²) >= 11 is 3.48. The van der Waals surface area contributed by atoms with Crippen molar-refractivity contribution in [3.63, 3.8) is 0 Å². The predicted octanol–water partition coefficient (Wildman–Crippen LogP) is 3.65. The molecule has 1 saturated carbocycles. The summed E-state index contributed by atoms with van der Waals surface area (Å²) in [4.78, 5) is 12.1. The molecule has 1 fully saturated rings. The first-order valence-electron chi connectivity index (χ1n) is 5.62. The summed E-state index contributed by atoms with van der Waals surface area (Å²) in [7, 11) is 0. The minimum atomic E-state index is -0.168. The van der Waals surface area contributed by atoms with Crippen LogP contribution in [0.3, 0.4) is 0 Å². The van der Waals surface area contributed by atoms with Gasteiger partial charge in [-0.3, -0.25) is 4.79 Å². The lowest BCUT2D eigenvalue weighted by atomic mass is 9.74. The van der Waals surface area contributed by atoms with E-state index >= 15 is 0 Å². The van der Waals surface area contributed by atoms with Gasteiger partial charge in [0.15, 0.2) is 5.78 Å². The van der Waals surface area contributed by atoms with Gasteiger partial charge in [0.05, 0.1) is 12.0 Å². The van der Waals surface area contributed by atoms with Gasteiger partial charge in [-0.25, -0.2) is 0 Å². The van der Waals surface area contributed by atoms with Crippen LogP contribution >= 0.6 is 15.9 Å². The van der Waals surface area contributed by atoms with Gasteiger partial charge in [-0.15, -0.1) is 0 Å². The monoisotopic (exact) mass is 280 g/mol. The van der Waals surface area contributed by atoms with E-state index in [1.165, 1.54) is 6.42 Å². The number of benzene rings is 1. The van der Waals surface area contributed by atoms with Crippen LogP contribution in [0.1, 0.15) is 41.6 Å². The molecular formula is C13H13BrO2. The average molecular weight is 281 g/mol. The molecule has 0 aromatic heterocycles. The molecule has 1 aliphatic carbocycles. The number of aryl methyl sites for hydroxylation is 1. The van der Waals surface area contributed by atoms with Gasteiger partial charge in [0.1, 0.15) is 11.4 Å². The van der Waals surface area contributed by atoms with E-state index in [1.807, 2.05) is 19.1 Å². The highest BCUT2D eigenvalue weighted by atomic mass is 79.9. The maximum Gasteiger partial charge on any atom is 0.170 e. The van der Waals surface area contributed by atoms with Crippen LogP contribution in [0.4, 0.5) is 0 Å². The second kappa shape index (κ2) is 3.33. The molecule has 0 atom stereocenters. The van der Waals surface area contributed by atoms with Crippen LogP contribution in [0.15, 0.2) is 16.6 Å². The predicted molar refractivity (Wildman–Crippen MR) is 65.0 cm³/mol. The topological polar surface area (TPSA) is 26.3 Å². The number of hydrogen-bond acceptors (Lipinski definition) is 2. The van der Waals surface area contributed by atoms with Crippen LogP contribution in [0.25, 0.3) is 0 Å². The third-order valence-corrected chi connectivity index (χ3v) is 4.49. The summed E-state index contributed by atoms with van der Waals surface area (Å²) < 4.78 is 7.02. The second-order valence-electron chi connectivity index (χ2n) is 4.84. The number of carbonyl (C=O) groups is 1. The number of carbonyl (C=O) groups excluding carboxylic acids is 1. The number of halogens is 1. The Morgan fingerprint density at radius 1 is 1.38 bits per heavy atom. The first-order valence-corrected chi connectivity index (χ1v) is 6.41. The van der Waals surface area contributed by atoms with E-state index in [2.05, 4.69) is 15.9 Å². The summed E-state index contributed by atoms with van der Waals surface area (Å²) in [6, 6.07) is 3.86. The number of ether oxygens (including phenoxy) is 1. The lowest BCUT2D eigenvalue weighted by Crippen LogP contribution is -2.47. The van der Waals surface area contributed by atoms with Crippen molar-refractivity contribution < 1.29 is 9.53 Å². The molecule has 0 bridgehead atoms. The Morgan fingerprint density at radius 3 is 2.75 bits per heavy atom. The van der Waals surface area contributed by atoms with E-state index in [9.17, 15) is 4.79 Å². The molecule has 2 nitrogen and oxygen atoms in total. The maximum absolute atomic E-state index is 12.1. The van der Waals surface area contributed by atoms with Gasteiger partial charge in [0.25, 0.3) is 0 Å². The molecule has 0 radical (unpaired) electrons. The SMILES string of the molecule is Cc1cc2c(cc1Br)OC1(CCC1)CC2=O. The molecule has 1 heterocycles. The highest BCUT2D eigenvalue weighted by Crippen LogP contribution is 2.45. The second-order valence-corrected chi connectivity index (χ2v) is 5.69. The molecule has 1 aliphatic heterocycles. The Morgan fingerprint density at radius 2 is 2.12 bits per heavy atom. The highest BCUT2D eigenvalue weighted by molar-refractivity contribution is 9.10.